The fourth-order valence-electron chi connectivity index (χ4n) is 2.69. The summed E-state index contributed by atoms with van der Waals surface area (Å²) >= 11 is 1.63. The number of anilines is 1. The van der Waals surface area contributed by atoms with Gasteiger partial charge in [0.15, 0.2) is 5.13 Å². The fraction of sp³-hybridized carbons (Fsp3) is 0.250. The zero-order valence-electron chi connectivity index (χ0n) is 11.0. The van der Waals surface area contributed by atoms with E-state index in [4.69, 9.17) is 5.73 Å². The number of thiazole rings is 1. The van der Waals surface area contributed by atoms with Crippen LogP contribution >= 0.6 is 11.3 Å². The van der Waals surface area contributed by atoms with Crippen molar-refractivity contribution >= 4 is 27.2 Å². The number of nitrogens with two attached hydrogens (primary N) is 1. The highest BCUT2D eigenvalue weighted by Crippen LogP contribution is 2.43. The van der Waals surface area contributed by atoms with Gasteiger partial charge in [0.25, 0.3) is 0 Å². The summed E-state index contributed by atoms with van der Waals surface area (Å²) in [5.74, 6) is 0.645. The lowest BCUT2D eigenvalue weighted by molar-refractivity contribution is 1.01. The lowest BCUT2D eigenvalue weighted by Crippen LogP contribution is -1.92. The van der Waals surface area contributed by atoms with Crippen LogP contribution in [0.5, 0.6) is 0 Å². The molecule has 1 fully saturated rings. The van der Waals surface area contributed by atoms with E-state index < -0.39 is 0 Å². The molecule has 100 valence electrons. The van der Waals surface area contributed by atoms with Crippen LogP contribution in [0.4, 0.5) is 5.13 Å². The molecule has 0 amide bonds. The van der Waals surface area contributed by atoms with Crippen LogP contribution in [0.3, 0.4) is 0 Å². The maximum atomic E-state index is 5.91. The third-order valence-electron chi connectivity index (χ3n) is 3.83. The zero-order valence-corrected chi connectivity index (χ0v) is 11.9. The van der Waals surface area contributed by atoms with E-state index in [0.717, 1.165) is 6.42 Å². The first-order valence-corrected chi connectivity index (χ1v) is 7.69. The highest BCUT2D eigenvalue weighted by Gasteiger charge is 2.29. The van der Waals surface area contributed by atoms with Gasteiger partial charge in [0.1, 0.15) is 0 Å². The Bertz CT molecular complexity index is 769. The Labute approximate surface area is 121 Å². The Balaban J connectivity index is 1.77. The SMILES string of the molecule is Nc1nc(C2CC2)c(Cc2cccc3ccncc23)s1. The van der Waals surface area contributed by atoms with Crippen molar-refractivity contribution in [3.8, 4) is 0 Å². The molecular weight excluding hydrogens is 266 g/mol. The summed E-state index contributed by atoms with van der Waals surface area (Å²) in [6.07, 6.45) is 7.21. The Morgan fingerprint density at radius 1 is 1.25 bits per heavy atom. The van der Waals surface area contributed by atoms with Gasteiger partial charge in [0, 0.05) is 35.0 Å². The highest BCUT2D eigenvalue weighted by atomic mass is 32.1. The first-order valence-electron chi connectivity index (χ1n) is 6.88. The average molecular weight is 281 g/mol. The number of rotatable bonds is 3. The molecule has 0 spiro atoms. The minimum atomic E-state index is 0.645. The van der Waals surface area contributed by atoms with Crippen LogP contribution in [0.1, 0.15) is 34.9 Å². The molecule has 2 aromatic heterocycles. The predicted octanol–water partition coefficient (Wildman–Crippen LogP) is 3.74. The summed E-state index contributed by atoms with van der Waals surface area (Å²) in [6, 6.07) is 8.47. The summed E-state index contributed by atoms with van der Waals surface area (Å²) in [5.41, 5.74) is 8.44. The van der Waals surface area contributed by atoms with E-state index in [2.05, 4.69) is 34.2 Å². The van der Waals surface area contributed by atoms with Gasteiger partial charge in [-0.3, -0.25) is 4.98 Å². The van der Waals surface area contributed by atoms with Crippen LogP contribution in [0, 0.1) is 0 Å². The number of nitrogen functional groups attached to an aromatic ring is 1. The second-order valence-corrected chi connectivity index (χ2v) is 6.44. The third-order valence-corrected chi connectivity index (χ3v) is 4.73. The minimum absolute atomic E-state index is 0.645. The quantitative estimate of drug-likeness (QED) is 0.795. The molecule has 2 N–H and O–H groups in total. The number of fused-ring (bicyclic) bond motifs is 1. The molecule has 0 bridgehead atoms. The van der Waals surface area contributed by atoms with Crippen molar-refractivity contribution in [1.82, 2.24) is 9.97 Å². The van der Waals surface area contributed by atoms with Crippen molar-refractivity contribution in [3.63, 3.8) is 0 Å². The van der Waals surface area contributed by atoms with E-state index in [1.165, 1.54) is 39.7 Å². The van der Waals surface area contributed by atoms with Crippen LogP contribution in [0.2, 0.25) is 0 Å². The third kappa shape index (κ3) is 2.06. The van der Waals surface area contributed by atoms with Gasteiger partial charge in [-0.2, -0.15) is 0 Å². The van der Waals surface area contributed by atoms with Crippen LogP contribution in [0.25, 0.3) is 10.8 Å². The summed E-state index contributed by atoms with van der Waals surface area (Å²) in [7, 11) is 0. The lowest BCUT2D eigenvalue weighted by Gasteiger charge is -2.06. The summed E-state index contributed by atoms with van der Waals surface area (Å²) in [4.78, 5) is 10.1. The van der Waals surface area contributed by atoms with Gasteiger partial charge in [-0.05, 0) is 29.9 Å². The van der Waals surface area contributed by atoms with Gasteiger partial charge >= 0.3 is 0 Å². The lowest BCUT2D eigenvalue weighted by atomic mass is 10.0. The van der Waals surface area contributed by atoms with Crippen molar-refractivity contribution < 1.29 is 0 Å². The van der Waals surface area contributed by atoms with Crippen molar-refractivity contribution in [2.75, 3.05) is 5.73 Å². The Morgan fingerprint density at radius 3 is 3.00 bits per heavy atom. The Kier molecular flexibility index (Phi) is 2.70. The maximum absolute atomic E-state index is 5.91. The molecule has 1 aromatic carbocycles. The van der Waals surface area contributed by atoms with E-state index in [1.54, 1.807) is 11.3 Å². The molecular formula is C16H15N3S. The number of nitrogens with zero attached hydrogens (tertiary/aromatic N) is 2. The van der Waals surface area contributed by atoms with Crippen molar-refractivity contribution in [2.24, 2.45) is 0 Å². The predicted molar refractivity (Wildman–Crippen MR) is 83.1 cm³/mol. The van der Waals surface area contributed by atoms with Crippen LogP contribution in [-0.4, -0.2) is 9.97 Å². The maximum Gasteiger partial charge on any atom is 0.180 e. The minimum Gasteiger partial charge on any atom is -0.375 e. The number of benzene rings is 1. The zero-order chi connectivity index (χ0) is 13.5. The molecule has 3 aromatic rings. The number of hydrogen-bond acceptors (Lipinski definition) is 4. The molecule has 4 heteroatoms. The van der Waals surface area contributed by atoms with Gasteiger partial charge in [-0.25, -0.2) is 4.98 Å². The second kappa shape index (κ2) is 4.56. The highest BCUT2D eigenvalue weighted by molar-refractivity contribution is 7.15. The van der Waals surface area contributed by atoms with Crippen LogP contribution in [0.15, 0.2) is 36.7 Å². The smallest absolute Gasteiger partial charge is 0.180 e. The van der Waals surface area contributed by atoms with Crippen molar-refractivity contribution in [3.05, 3.63) is 52.8 Å². The largest absolute Gasteiger partial charge is 0.375 e. The monoisotopic (exact) mass is 281 g/mol. The van der Waals surface area contributed by atoms with E-state index in [0.29, 0.717) is 11.0 Å². The van der Waals surface area contributed by atoms with Gasteiger partial charge in [0.05, 0.1) is 5.69 Å². The summed E-state index contributed by atoms with van der Waals surface area (Å²) in [5, 5.41) is 3.16. The van der Waals surface area contributed by atoms with E-state index in [-0.39, 0.29) is 0 Å². The van der Waals surface area contributed by atoms with Gasteiger partial charge in [-0.15, -0.1) is 11.3 Å². The second-order valence-electron chi connectivity index (χ2n) is 5.33. The Morgan fingerprint density at radius 2 is 2.15 bits per heavy atom. The first kappa shape index (κ1) is 11.9. The van der Waals surface area contributed by atoms with Crippen LogP contribution < -0.4 is 5.73 Å². The molecule has 0 atom stereocenters. The molecule has 0 aliphatic heterocycles. The average Bonchev–Trinajstić information content (AvgIpc) is 3.24. The van der Waals surface area contributed by atoms with Gasteiger partial charge < -0.3 is 5.73 Å². The first-order chi connectivity index (χ1) is 9.81. The van der Waals surface area contributed by atoms with Crippen molar-refractivity contribution in [2.45, 2.75) is 25.2 Å². The molecule has 1 aliphatic carbocycles. The van der Waals surface area contributed by atoms with E-state index in [9.17, 15) is 0 Å². The molecule has 1 saturated carbocycles. The molecule has 0 saturated heterocycles. The molecule has 4 rings (SSSR count). The molecule has 1 aliphatic rings. The van der Waals surface area contributed by atoms with E-state index >= 15 is 0 Å². The molecule has 0 radical (unpaired) electrons. The number of aromatic nitrogens is 2. The fourth-order valence-corrected chi connectivity index (χ4v) is 3.63. The van der Waals surface area contributed by atoms with Gasteiger partial charge in [-0.1, -0.05) is 18.2 Å². The van der Waals surface area contributed by atoms with Crippen molar-refractivity contribution in [1.29, 1.82) is 0 Å². The number of pyridine rings is 1. The van der Waals surface area contributed by atoms with E-state index in [1.807, 2.05) is 12.4 Å². The summed E-state index contributed by atoms with van der Waals surface area (Å²) in [6.45, 7) is 0. The van der Waals surface area contributed by atoms with Crippen LogP contribution in [-0.2, 0) is 6.42 Å². The molecule has 20 heavy (non-hydrogen) atoms. The topological polar surface area (TPSA) is 51.8 Å². The van der Waals surface area contributed by atoms with Gasteiger partial charge in [0.2, 0.25) is 0 Å². The molecule has 0 unspecified atom stereocenters. The number of hydrogen-bond donors (Lipinski definition) is 1. The summed E-state index contributed by atoms with van der Waals surface area (Å²) < 4.78 is 0. The molecule has 3 nitrogen and oxygen atoms in total. The normalized spacial score (nSPS) is 14.8. The Hall–Kier alpha value is -1.94. The molecule has 2 heterocycles. The standard InChI is InChI=1S/C16H15N3S/c17-16-19-15(11-4-5-11)14(20-16)8-12-3-1-2-10-6-7-18-9-13(10)12/h1-3,6-7,9,11H,4-5,8H2,(H2,17,19).